The van der Waals surface area contributed by atoms with Crippen LogP contribution in [-0.2, 0) is 11.3 Å². The van der Waals surface area contributed by atoms with Gasteiger partial charge in [-0.2, -0.15) is 5.10 Å². The molecule has 1 N–H and O–H groups in total. The normalized spacial score (nSPS) is 13.6. The molecule has 1 aliphatic heterocycles. The van der Waals surface area contributed by atoms with Crippen LogP contribution in [0.25, 0.3) is 11.3 Å². The van der Waals surface area contributed by atoms with Gasteiger partial charge in [-0.1, -0.05) is 68.9 Å². The molecule has 0 unspecified atom stereocenters. The summed E-state index contributed by atoms with van der Waals surface area (Å²) in [6, 6.07) is 13.9. The van der Waals surface area contributed by atoms with E-state index in [9.17, 15) is 4.79 Å². The summed E-state index contributed by atoms with van der Waals surface area (Å²) >= 11 is 0. The van der Waals surface area contributed by atoms with Crippen molar-refractivity contribution in [2.24, 2.45) is 0 Å². The summed E-state index contributed by atoms with van der Waals surface area (Å²) in [5.41, 5.74) is 3.58. The minimum Gasteiger partial charge on any atom is -0.339 e. The second-order valence-electron chi connectivity index (χ2n) is 10.1. The largest absolute Gasteiger partial charge is 0.339 e. The van der Waals surface area contributed by atoms with Crippen LogP contribution >= 0.6 is 0 Å². The minimum absolute atomic E-state index is 0.282. The molecule has 3 heterocycles. The van der Waals surface area contributed by atoms with Crippen molar-refractivity contribution in [3.63, 3.8) is 0 Å². The number of benzene rings is 1. The number of piperazine rings is 1. The third-order valence-corrected chi connectivity index (χ3v) is 7.25. The number of aryl methyl sites for hydroxylation is 2. The Morgan fingerprint density at radius 1 is 0.842 bits per heavy atom. The van der Waals surface area contributed by atoms with Crippen LogP contribution in [0.2, 0.25) is 0 Å². The highest BCUT2D eigenvalue weighted by Gasteiger charge is 2.21. The van der Waals surface area contributed by atoms with Gasteiger partial charge < -0.3 is 9.80 Å². The lowest BCUT2D eigenvalue weighted by molar-refractivity contribution is -0.131. The van der Waals surface area contributed by atoms with E-state index in [1.807, 2.05) is 46.8 Å². The van der Waals surface area contributed by atoms with Crippen LogP contribution in [0.15, 0.2) is 54.9 Å². The van der Waals surface area contributed by atoms with E-state index in [1.165, 1.54) is 25.7 Å². The summed E-state index contributed by atoms with van der Waals surface area (Å²) in [6.07, 6.45) is 13.3. The highest BCUT2D eigenvalue weighted by molar-refractivity contribution is 5.76. The van der Waals surface area contributed by atoms with Crippen LogP contribution < -0.4 is 10.4 Å². The van der Waals surface area contributed by atoms with Crippen LogP contribution in [0.3, 0.4) is 0 Å². The number of amides is 1. The SMILES string of the molecule is Cc1cc(=N)n(CCCCCCCCCCC(=O)N2CCN(c3ncccn3)CC2)nc1-c1ccccc1. The molecule has 0 radical (unpaired) electrons. The number of rotatable bonds is 13. The Kier molecular flexibility index (Phi) is 10.4. The number of hydrogen-bond acceptors (Lipinski definition) is 6. The molecular weight excluding hydrogens is 474 g/mol. The summed E-state index contributed by atoms with van der Waals surface area (Å²) in [6.45, 7) is 5.91. The highest BCUT2D eigenvalue weighted by atomic mass is 16.2. The molecule has 3 aromatic rings. The molecule has 1 aliphatic rings. The maximum absolute atomic E-state index is 12.6. The molecule has 0 bridgehead atoms. The molecule has 8 heteroatoms. The predicted molar refractivity (Wildman–Crippen MR) is 151 cm³/mol. The molecule has 0 spiro atoms. The Hall–Kier alpha value is -3.55. The van der Waals surface area contributed by atoms with Crippen molar-refractivity contribution >= 4 is 11.9 Å². The third kappa shape index (κ3) is 7.97. The number of nitrogens with zero attached hydrogens (tertiary/aromatic N) is 6. The van der Waals surface area contributed by atoms with E-state index in [-0.39, 0.29) is 5.91 Å². The van der Waals surface area contributed by atoms with Crippen LogP contribution in [0.4, 0.5) is 5.95 Å². The van der Waals surface area contributed by atoms with Gasteiger partial charge in [0.15, 0.2) is 0 Å². The number of hydrogen-bond donors (Lipinski definition) is 1. The zero-order valence-corrected chi connectivity index (χ0v) is 22.7. The second-order valence-corrected chi connectivity index (χ2v) is 10.1. The van der Waals surface area contributed by atoms with Crippen molar-refractivity contribution in [1.82, 2.24) is 24.6 Å². The van der Waals surface area contributed by atoms with Crippen molar-refractivity contribution in [3.8, 4) is 11.3 Å². The van der Waals surface area contributed by atoms with E-state index in [0.29, 0.717) is 11.9 Å². The van der Waals surface area contributed by atoms with Gasteiger partial charge in [-0.15, -0.1) is 0 Å². The molecule has 0 saturated carbocycles. The van der Waals surface area contributed by atoms with Gasteiger partial charge in [0, 0.05) is 57.1 Å². The van der Waals surface area contributed by atoms with Gasteiger partial charge in [0.2, 0.25) is 11.9 Å². The van der Waals surface area contributed by atoms with Gasteiger partial charge in [-0.05, 0) is 37.5 Å². The zero-order valence-electron chi connectivity index (χ0n) is 22.7. The monoisotopic (exact) mass is 515 g/mol. The molecule has 8 nitrogen and oxygen atoms in total. The van der Waals surface area contributed by atoms with Crippen molar-refractivity contribution < 1.29 is 4.79 Å². The number of unbranched alkanes of at least 4 members (excludes halogenated alkanes) is 7. The van der Waals surface area contributed by atoms with Gasteiger partial charge in [0.25, 0.3) is 0 Å². The van der Waals surface area contributed by atoms with E-state index in [4.69, 9.17) is 10.5 Å². The van der Waals surface area contributed by atoms with Crippen molar-refractivity contribution in [2.45, 2.75) is 71.3 Å². The fourth-order valence-corrected chi connectivity index (χ4v) is 5.02. The molecule has 4 rings (SSSR count). The standard InChI is InChI=1S/C30H41N7O/c1-25-24-27(31)37(34-29(25)26-14-9-8-10-15-26)19-12-7-5-3-2-4-6-11-16-28(38)35-20-22-36(23-21-35)30-32-17-13-18-33-30/h8-10,13-15,17-18,24,31H,2-7,11-12,16,19-23H2,1H3. The molecule has 1 saturated heterocycles. The fourth-order valence-electron chi connectivity index (χ4n) is 5.02. The fraction of sp³-hybridized carbons (Fsp3) is 0.500. The zero-order chi connectivity index (χ0) is 26.6. The van der Waals surface area contributed by atoms with Gasteiger partial charge in [-0.3, -0.25) is 10.2 Å². The molecule has 38 heavy (non-hydrogen) atoms. The molecule has 1 aromatic carbocycles. The summed E-state index contributed by atoms with van der Waals surface area (Å²) in [5, 5.41) is 13.1. The predicted octanol–water partition coefficient (Wildman–Crippen LogP) is 4.99. The van der Waals surface area contributed by atoms with Gasteiger partial charge >= 0.3 is 0 Å². The third-order valence-electron chi connectivity index (χ3n) is 7.25. The first-order valence-electron chi connectivity index (χ1n) is 14.1. The Balaban J connectivity index is 1.04. The quantitative estimate of drug-likeness (QED) is 0.324. The van der Waals surface area contributed by atoms with Crippen LogP contribution in [0.5, 0.6) is 0 Å². The number of carbonyl (C=O) groups is 1. The molecule has 0 atom stereocenters. The average molecular weight is 516 g/mol. The molecule has 0 aliphatic carbocycles. The highest BCUT2D eigenvalue weighted by Crippen LogP contribution is 2.19. The number of aromatic nitrogens is 4. The van der Waals surface area contributed by atoms with E-state index in [1.54, 1.807) is 12.4 Å². The smallest absolute Gasteiger partial charge is 0.225 e. The average Bonchev–Trinajstić information content (AvgIpc) is 2.96. The lowest BCUT2D eigenvalue weighted by Crippen LogP contribution is -2.49. The van der Waals surface area contributed by atoms with Gasteiger partial charge in [0.1, 0.15) is 5.49 Å². The topological polar surface area (TPSA) is 91.0 Å². The lowest BCUT2D eigenvalue weighted by atomic mass is 10.1. The van der Waals surface area contributed by atoms with Gasteiger partial charge in [-0.25, -0.2) is 14.6 Å². The van der Waals surface area contributed by atoms with E-state index in [0.717, 1.165) is 81.2 Å². The Morgan fingerprint density at radius 3 is 2.16 bits per heavy atom. The molecular formula is C30H41N7O. The first kappa shape index (κ1) is 27.5. The van der Waals surface area contributed by atoms with Crippen molar-refractivity contribution in [1.29, 1.82) is 5.41 Å². The van der Waals surface area contributed by atoms with Gasteiger partial charge in [0.05, 0.1) is 5.69 Å². The van der Waals surface area contributed by atoms with E-state index >= 15 is 0 Å². The van der Waals surface area contributed by atoms with Crippen molar-refractivity contribution in [3.05, 3.63) is 65.9 Å². The second kappa shape index (κ2) is 14.4. The van der Waals surface area contributed by atoms with Crippen LogP contribution in [0.1, 0.15) is 63.4 Å². The first-order valence-corrected chi connectivity index (χ1v) is 14.1. The number of nitrogens with one attached hydrogen (secondary N) is 1. The first-order chi connectivity index (χ1) is 18.6. The number of carbonyl (C=O) groups excluding carboxylic acids is 1. The number of anilines is 1. The maximum Gasteiger partial charge on any atom is 0.225 e. The van der Waals surface area contributed by atoms with Crippen molar-refractivity contribution in [2.75, 3.05) is 31.1 Å². The van der Waals surface area contributed by atoms with E-state index < -0.39 is 0 Å². The minimum atomic E-state index is 0.282. The summed E-state index contributed by atoms with van der Waals surface area (Å²) in [5.74, 6) is 1.04. The molecule has 2 aromatic heterocycles. The lowest BCUT2D eigenvalue weighted by Gasteiger charge is -2.34. The Morgan fingerprint density at radius 2 is 1.47 bits per heavy atom. The summed E-state index contributed by atoms with van der Waals surface area (Å²) in [7, 11) is 0. The molecule has 1 amide bonds. The molecule has 202 valence electrons. The summed E-state index contributed by atoms with van der Waals surface area (Å²) in [4.78, 5) is 25.3. The van der Waals surface area contributed by atoms with Crippen LogP contribution in [-0.4, -0.2) is 56.7 Å². The van der Waals surface area contributed by atoms with Crippen LogP contribution in [0, 0.1) is 12.3 Å². The Bertz CT molecular complexity index is 1190. The maximum atomic E-state index is 12.6. The Labute approximate surface area is 226 Å². The molecule has 1 fully saturated rings. The summed E-state index contributed by atoms with van der Waals surface area (Å²) < 4.78 is 1.83. The van der Waals surface area contributed by atoms with E-state index in [2.05, 4.69) is 27.0 Å².